The highest BCUT2D eigenvalue weighted by Crippen LogP contribution is 2.19. The first kappa shape index (κ1) is 13.9. The van der Waals surface area contributed by atoms with Crippen LogP contribution in [0, 0.1) is 5.92 Å². The molecule has 0 aromatic heterocycles. The van der Waals surface area contributed by atoms with Gasteiger partial charge in [-0.05, 0) is 45.2 Å². The molecule has 0 amide bonds. The van der Waals surface area contributed by atoms with Crippen molar-refractivity contribution in [1.29, 1.82) is 0 Å². The van der Waals surface area contributed by atoms with Gasteiger partial charge in [-0.25, -0.2) is 8.42 Å². The lowest BCUT2D eigenvalue weighted by molar-refractivity contribution is 0.280. The lowest BCUT2D eigenvalue weighted by atomic mass is 10.1. The molecule has 1 heterocycles. The highest BCUT2D eigenvalue weighted by atomic mass is 32.2. The van der Waals surface area contributed by atoms with Crippen LogP contribution in [-0.4, -0.2) is 51.6 Å². The van der Waals surface area contributed by atoms with E-state index in [1.807, 2.05) is 7.05 Å². The minimum atomic E-state index is -2.75. The molecule has 3 nitrogen and oxygen atoms in total. The Hall–Kier alpha value is -0.160. The average Bonchev–Trinajstić information content (AvgIpc) is 2.53. The van der Waals surface area contributed by atoms with Crippen molar-refractivity contribution in [3.63, 3.8) is 0 Å². The molecule has 0 spiro atoms. The van der Waals surface area contributed by atoms with E-state index in [9.17, 15) is 12.8 Å². The normalized spacial score (nSPS) is 24.1. The zero-order valence-corrected chi connectivity index (χ0v) is 10.8. The first-order valence-electron chi connectivity index (χ1n) is 5.98. The van der Waals surface area contributed by atoms with E-state index < -0.39 is 9.84 Å². The van der Waals surface area contributed by atoms with E-state index in [0.717, 1.165) is 32.4 Å². The highest BCUT2D eigenvalue weighted by Gasteiger charge is 2.28. The van der Waals surface area contributed by atoms with Gasteiger partial charge >= 0.3 is 0 Å². The van der Waals surface area contributed by atoms with Crippen molar-refractivity contribution in [2.75, 3.05) is 38.3 Å². The molecule has 1 atom stereocenters. The molecule has 0 aliphatic carbocycles. The standard InChI is InChI=1S/C11H22FNO2S/c1-13(7-4-2-3-6-12)9-11-5-8-16(14,15)10-11/h11H,2-10H2,1H3. The van der Waals surface area contributed by atoms with Crippen LogP contribution >= 0.6 is 0 Å². The molecule has 1 aliphatic rings. The lowest BCUT2D eigenvalue weighted by Crippen LogP contribution is -2.27. The molecule has 1 fully saturated rings. The second-order valence-electron chi connectivity index (χ2n) is 4.78. The van der Waals surface area contributed by atoms with Gasteiger partial charge in [0.05, 0.1) is 18.2 Å². The molecule has 96 valence electrons. The maximum Gasteiger partial charge on any atom is 0.150 e. The van der Waals surface area contributed by atoms with Gasteiger partial charge in [-0.2, -0.15) is 0 Å². The Morgan fingerprint density at radius 3 is 2.62 bits per heavy atom. The summed E-state index contributed by atoms with van der Waals surface area (Å²) in [5.41, 5.74) is 0. The van der Waals surface area contributed by atoms with Gasteiger partial charge in [0.1, 0.15) is 0 Å². The number of hydrogen-bond donors (Lipinski definition) is 0. The van der Waals surface area contributed by atoms with Crippen molar-refractivity contribution in [3.05, 3.63) is 0 Å². The lowest BCUT2D eigenvalue weighted by Gasteiger charge is -2.19. The number of unbranched alkanes of at least 4 members (excludes halogenated alkanes) is 2. The molecular weight excluding hydrogens is 229 g/mol. The van der Waals surface area contributed by atoms with Crippen LogP contribution in [0.5, 0.6) is 0 Å². The number of sulfone groups is 1. The second kappa shape index (κ2) is 6.55. The maximum absolute atomic E-state index is 11.9. The average molecular weight is 251 g/mol. The van der Waals surface area contributed by atoms with Crippen LogP contribution in [-0.2, 0) is 9.84 Å². The molecule has 1 aliphatic heterocycles. The summed E-state index contributed by atoms with van der Waals surface area (Å²) in [4.78, 5) is 2.17. The van der Waals surface area contributed by atoms with Gasteiger partial charge < -0.3 is 4.90 Å². The summed E-state index contributed by atoms with van der Waals surface area (Å²) in [6.07, 6.45) is 3.37. The largest absolute Gasteiger partial charge is 0.306 e. The molecule has 1 rings (SSSR count). The van der Waals surface area contributed by atoms with Crippen molar-refractivity contribution in [3.8, 4) is 0 Å². The van der Waals surface area contributed by atoms with Crippen LogP contribution < -0.4 is 0 Å². The summed E-state index contributed by atoms with van der Waals surface area (Å²) >= 11 is 0. The molecule has 5 heteroatoms. The Kier molecular flexibility index (Phi) is 5.69. The first-order valence-corrected chi connectivity index (χ1v) is 7.80. The number of nitrogens with zero attached hydrogens (tertiary/aromatic N) is 1. The summed E-state index contributed by atoms with van der Waals surface area (Å²) in [7, 11) is -0.732. The Balaban J connectivity index is 2.13. The van der Waals surface area contributed by atoms with E-state index in [2.05, 4.69) is 4.90 Å². The molecule has 1 unspecified atom stereocenters. The number of halogens is 1. The summed E-state index contributed by atoms with van der Waals surface area (Å²) < 4.78 is 34.4. The molecule has 0 bridgehead atoms. The predicted molar refractivity (Wildman–Crippen MR) is 64.1 cm³/mol. The summed E-state index contributed by atoms with van der Waals surface area (Å²) in [6, 6.07) is 0. The number of hydrogen-bond acceptors (Lipinski definition) is 3. The molecular formula is C11H22FNO2S. The van der Waals surface area contributed by atoms with Gasteiger partial charge in [0.15, 0.2) is 9.84 Å². The molecule has 1 saturated heterocycles. The fourth-order valence-electron chi connectivity index (χ4n) is 2.20. The van der Waals surface area contributed by atoms with Gasteiger partial charge in [-0.3, -0.25) is 4.39 Å². The Morgan fingerprint density at radius 2 is 2.06 bits per heavy atom. The van der Waals surface area contributed by atoms with Gasteiger partial charge in [-0.1, -0.05) is 0 Å². The molecule has 0 aromatic carbocycles. The van der Waals surface area contributed by atoms with E-state index >= 15 is 0 Å². The molecule has 16 heavy (non-hydrogen) atoms. The van der Waals surface area contributed by atoms with Crippen molar-refractivity contribution >= 4 is 9.84 Å². The van der Waals surface area contributed by atoms with Crippen molar-refractivity contribution < 1.29 is 12.8 Å². The van der Waals surface area contributed by atoms with Crippen LogP contribution in [0.2, 0.25) is 0 Å². The van der Waals surface area contributed by atoms with Crippen molar-refractivity contribution in [1.82, 2.24) is 4.90 Å². The monoisotopic (exact) mass is 251 g/mol. The van der Waals surface area contributed by atoms with E-state index in [4.69, 9.17) is 0 Å². The number of alkyl halides is 1. The summed E-state index contributed by atoms with van der Waals surface area (Å²) in [6.45, 7) is 1.57. The Morgan fingerprint density at radius 1 is 1.31 bits per heavy atom. The fourth-order valence-corrected chi connectivity index (χ4v) is 4.05. The fraction of sp³-hybridized carbons (Fsp3) is 1.00. The minimum absolute atomic E-state index is 0.232. The third-order valence-electron chi connectivity index (χ3n) is 3.07. The van der Waals surface area contributed by atoms with E-state index in [0.29, 0.717) is 23.8 Å². The third-order valence-corrected chi connectivity index (χ3v) is 4.91. The quantitative estimate of drug-likeness (QED) is 0.643. The maximum atomic E-state index is 11.9. The topological polar surface area (TPSA) is 37.4 Å². The third kappa shape index (κ3) is 5.25. The van der Waals surface area contributed by atoms with Crippen molar-refractivity contribution in [2.45, 2.75) is 25.7 Å². The van der Waals surface area contributed by atoms with Crippen LogP contribution in [0.15, 0.2) is 0 Å². The van der Waals surface area contributed by atoms with Crippen molar-refractivity contribution in [2.24, 2.45) is 5.92 Å². The predicted octanol–water partition coefficient (Wildman–Crippen LogP) is 1.49. The van der Waals surface area contributed by atoms with Gasteiger partial charge in [0.25, 0.3) is 0 Å². The zero-order chi connectivity index (χ0) is 12.0. The number of rotatable bonds is 7. The van der Waals surface area contributed by atoms with Crippen LogP contribution in [0.4, 0.5) is 4.39 Å². The van der Waals surface area contributed by atoms with Gasteiger partial charge in [-0.15, -0.1) is 0 Å². The highest BCUT2D eigenvalue weighted by molar-refractivity contribution is 7.91. The Labute approximate surface area is 97.9 Å². The smallest absolute Gasteiger partial charge is 0.150 e. The van der Waals surface area contributed by atoms with Crippen LogP contribution in [0.3, 0.4) is 0 Å². The molecule has 0 aromatic rings. The van der Waals surface area contributed by atoms with E-state index in [1.165, 1.54) is 0 Å². The zero-order valence-electron chi connectivity index (χ0n) is 9.99. The SMILES string of the molecule is CN(CCCCCF)CC1CCS(=O)(=O)C1. The minimum Gasteiger partial charge on any atom is -0.306 e. The Bertz CT molecular complexity index is 292. The summed E-state index contributed by atoms with van der Waals surface area (Å²) in [5.74, 6) is 1.01. The van der Waals surface area contributed by atoms with E-state index in [1.54, 1.807) is 0 Å². The van der Waals surface area contributed by atoms with Gasteiger partial charge in [0, 0.05) is 6.54 Å². The van der Waals surface area contributed by atoms with E-state index in [-0.39, 0.29) is 6.67 Å². The molecule has 0 N–H and O–H groups in total. The van der Waals surface area contributed by atoms with Crippen LogP contribution in [0.1, 0.15) is 25.7 Å². The first-order chi connectivity index (χ1) is 7.53. The summed E-state index contributed by atoms with van der Waals surface area (Å²) in [5, 5.41) is 0. The molecule has 0 radical (unpaired) electrons. The van der Waals surface area contributed by atoms with Crippen LogP contribution in [0.25, 0.3) is 0 Å². The second-order valence-corrected chi connectivity index (χ2v) is 7.01. The van der Waals surface area contributed by atoms with Gasteiger partial charge in [0.2, 0.25) is 0 Å². The molecule has 0 saturated carbocycles.